The van der Waals surface area contributed by atoms with Gasteiger partial charge in [-0.25, -0.2) is 9.78 Å². The third kappa shape index (κ3) is 3.29. The molecule has 0 bridgehead atoms. The van der Waals surface area contributed by atoms with Crippen LogP contribution in [0.25, 0.3) is 27.9 Å². The molecule has 6 heteroatoms. The molecule has 0 spiro atoms. The number of aryl methyl sites for hydroxylation is 1. The van der Waals surface area contributed by atoms with Crippen LogP contribution in [0.5, 0.6) is 0 Å². The SMILES string of the molecule is Cc1ccn2cc(-c3cc4ccc(N5CC(C)NC(C)C5)cc4oc3=O)nc2c1. The number of pyridine rings is 1. The second kappa shape index (κ2) is 6.74. The van der Waals surface area contributed by atoms with Crippen molar-refractivity contribution in [2.75, 3.05) is 18.0 Å². The Bertz CT molecular complexity index is 1260. The lowest BCUT2D eigenvalue weighted by Crippen LogP contribution is -2.54. The average Bonchev–Trinajstić information content (AvgIpc) is 3.09. The standard InChI is InChI=1S/C23H24N4O2/c1-14-6-7-26-13-20(25-22(26)8-14)19-9-17-4-5-18(10-21(17)29-23(19)28)27-11-15(2)24-16(3)12-27/h4-10,13,15-16,24H,11-12H2,1-3H3. The van der Waals surface area contributed by atoms with Crippen LogP contribution >= 0.6 is 0 Å². The van der Waals surface area contributed by atoms with Gasteiger partial charge in [-0.15, -0.1) is 0 Å². The Morgan fingerprint density at radius 3 is 2.69 bits per heavy atom. The molecule has 1 N–H and O–H groups in total. The van der Waals surface area contributed by atoms with E-state index in [9.17, 15) is 4.79 Å². The molecule has 6 nitrogen and oxygen atoms in total. The van der Waals surface area contributed by atoms with Gasteiger partial charge in [-0.3, -0.25) is 0 Å². The molecule has 1 aliphatic heterocycles. The van der Waals surface area contributed by atoms with Crippen LogP contribution in [0, 0.1) is 6.92 Å². The first-order valence-corrected chi connectivity index (χ1v) is 10.0. The summed E-state index contributed by atoms with van der Waals surface area (Å²) in [4.78, 5) is 19.7. The quantitative estimate of drug-likeness (QED) is 0.532. The molecule has 148 valence electrons. The molecule has 29 heavy (non-hydrogen) atoms. The molecule has 1 aromatic carbocycles. The Morgan fingerprint density at radius 2 is 1.90 bits per heavy atom. The topological polar surface area (TPSA) is 62.8 Å². The van der Waals surface area contributed by atoms with Gasteiger partial charge < -0.3 is 19.0 Å². The van der Waals surface area contributed by atoms with Crippen LogP contribution in [-0.4, -0.2) is 34.6 Å². The van der Waals surface area contributed by atoms with Crippen molar-refractivity contribution < 1.29 is 4.42 Å². The van der Waals surface area contributed by atoms with Gasteiger partial charge in [-0.2, -0.15) is 0 Å². The highest BCUT2D eigenvalue weighted by Gasteiger charge is 2.21. The van der Waals surface area contributed by atoms with Crippen molar-refractivity contribution in [3.63, 3.8) is 0 Å². The summed E-state index contributed by atoms with van der Waals surface area (Å²) in [5.74, 6) is 0. The second-order valence-corrected chi connectivity index (χ2v) is 8.14. The molecular weight excluding hydrogens is 364 g/mol. The maximum absolute atomic E-state index is 12.7. The van der Waals surface area contributed by atoms with Crippen molar-refractivity contribution in [1.29, 1.82) is 0 Å². The van der Waals surface area contributed by atoms with E-state index in [1.165, 1.54) is 0 Å². The number of hydrogen-bond donors (Lipinski definition) is 1. The van der Waals surface area contributed by atoms with Crippen LogP contribution in [0.2, 0.25) is 0 Å². The molecule has 1 aliphatic rings. The van der Waals surface area contributed by atoms with Crippen molar-refractivity contribution in [3.05, 3.63) is 64.8 Å². The predicted molar refractivity (Wildman–Crippen MR) is 116 cm³/mol. The van der Waals surface area contributed by atoms with Gasteiger partial charge in [0.1, 0.15) is 11.2 Å². The minimum absolute atomic E-state index is 0.364. The molecular formula is C23H24N4O2. The largest absolute Gasteiger partial charge is 0.422 e. The van der Waals surface area contributed by atoms with Crippen LogP contribution < -0.4 is 15.8 Å². The Hall–Kier alpha value is -3.12. The fourth-order valence-corrected chi connectivity index (χ4v) is 4.23. The Kier molecular flexibility index (Phi) is 4.17. The van der Waals surface area contributed by atoms with Gasteiger partial charge in [0.25, 0.3) is 0 Å². The van der Waals surface area contributed by atoms with E-state index in [-0.39, 0.29) is 5.63 Å². The fraction of sp³-hybridized carbons (Fsp3) is 0.304. The monoisotopic (exact) mass is 388 g/mol. The lowest BCUT2D eigenvalue weighted by Gasteiger charge is -2.37. The first-order chi connectivity index (χ1) is 14.0. The molecule has 0 radical (unpaired) electrons. The fourth-order valence-electron chi connectivity index (χ4n) is 4.23. The van der Waals surface area contributed by atoms with Gasteiger partial charge in [0.2, 0.25) is 0 Å². The van der Waals surface area contributed by atoms with E-state index in [0.717, 1.165) is 35.4 Å². The minimum Gasteiger partial charge on any atom is -0.422 e. The van der Waals surface area contributed by atoms with E-state index in [1.54, 1.807) is 0 Å². The van der Waals surface area contributed by atoms with Gasteiger partial charge in [0, 0.05) is 54.7 Å². The summed E-state index contributed by atoms with van der Waals surface area (Å²) >= 11 is 0. The summed E-state index contributed by atoms with van der Waals surface area (Å²) < 4.78 is 7.62. The Labute approximate surface area is 168 Å². The zero-order valence-corrected chi connectivity index (χ0v) is 16.8. The predicted octanol–water partition coefficient (Wildman–Crippen LogP) is 3.60. The van der Waals surface area contributed by atoms with Crippen molar-refractivity contribution in [3.8, 4) is 11.3 Å². The third-order valence-corrected chi connectivity index (χ3v) is 5.53. The maximum Gasteiger partial charge on any atom is 0.345 e. The number of benzene rings is 1. The number of nitrogens with one attached hydrogen (secondary N) is 1. The smallest absolute Gasteiger partial charge is 0.345 e. The molecule has 2 unspecified atom stereocenters. The second-order valence-electron chi connectivity index (χ2n) is 8.14. The summed E-state index contributed by atoms with van der Waals surface area (Å²) in [6.07, 6.45) is 3.82. The molecule has 1 fully saturated rings. The number of hydrogen-bond acceptors (Lipinski definition) is 5. The molecule has 0 amide bonds. The van der Waals surface area contributed by atoms with Crippen LogP contribution in [0.4, 0.5) is 5.69 Å². The first kappa shape index (κ1) is 17.9. The van der Waals surface area contributed by atoms with Crippen molar-refractivity contribution in [1.82, 2.24) is 14.7 Å². The van der Waals surface area contributed by atoms with E-state index in [4.69, 9.17) is 4.42 Å². The van der Waals surface area contributed by atoms with Crippen molar-refractivity contribution in [2.45, 2.75) is 32.9 Å². The lowest BCUT2D eigenvalue weighted by molar-refractivity contribution is 0.407. The molecule has 2 atom stereocenters. The summed E-state index contributed by atoms with van der Waals surface area (Å²) in [6.45, 7) is 8.26. The number of anilines is 1. The van der Waals surface area contributed by atoms with Crippen LogP contribution in [0.3, 0.4) is 0 Å². The highest BCUT2D eigenvalue weighted by molar-refractivity contribution is 5.84. The normalized spacial score (nSPS) is 19.9. The van der Waals surface area contributed by atoms with E-state index in [1.807, 2.05) is 54.0 Å². The highest BCUT2D eigenvalue weighted by atomic mass is 16.4. The number of nitrogens with zero attached hydrogens (tertiary/aromatic N) is 3. The average molecular weight is 388 g/mol. The van der Waals surface area contributed by atoms with E-state index in [2.05, 4.69) is 35.1 Å². The molecule has 3 aromatic heterocycles. The summed E-state index contributed by atoms with van der Waals surface area (Å²) in [6, 6.07) is 12.8. The Balaban J connectivity index is 1.55. The third-order valence-electron chi connectivity index (χ3n) is 5.53. The number of rotatable bonds is 2. The molecule has 0 aliphatic carbocycles. The summed E-state index contributed by atoms with van der Waals surface area (Å²) in [5, 5.41) is 4.44. The molecule has 5 rings (SSSR count). The summed E-state index contributed by atoms with van der Waals surface area (Å²) in [7, 11) is 0. The van der Waals surface area contributed by atoms with Crippen molar-refractivity contribution >= 4 is 22.3 Å². The van der Waals surface area contributed by atoms with E-state index >= 15 is 0 Å². The number of piperazine rings is 1. The number of aromatic nitrogens is 2. The van der Waals surface area contributed by atoms with E-state index < -0.39 is 0 Å². The van der Waals surface area contributed by atoms with Gasteiger partial charge in [-0.05, 0) is 56.7 Å². The molecule has 4 heterocycles. The zero-order valence-electron chi connectivity index (χ0n) is 16.8. The van der Waals surface area contributed by atoms with Gasteiger partial charge in [0.15, 0.2) is 0 Å². The first-order valence-electron chi connectivity index (χ1n) is 10.0. The van der Waals surface area contributed by atoms with Gasteiger partial charge in [0.05, 0.1) is 11.3 Å². The molecule has 0 saturated carbocycles. The van der Waals surface area contributed by atoms with Crippen LogP contribution in [0.15, 0.2) is 58.0 Å². The summed E-state index contributed by atoms with van der Waals surface area (Å²) in [5.41, 5.74) is 4.38. The maximum atomic E-state index is 12.7. The molecule has 4 aromatic rings. The van der Waals surface area contributed by atoms with Gasteiger partial charge >= 0.3 is 5.63 Å². The minimum atomic E-state index is -0.364. The van der Waals surface area contributed by atoms with E-state index in [0.29, 0.717) is 28.9 Å². The van der Waals surface area contributed by atoms with Crippen LogP contribution in [0.1, 0.15) is 19.4 Å². The highest BCUT2D eigenvalue weighted by Crippen LogP contribution is 2.26. The van der Waals surface area contributed by atoms with Crippen LogP contribution in [-0.2, 0) is 0 Å². The number of imidazole rings is 1. The Morgan fingerprint density at radius 1 is 1.10 bits per heavy atom. The van der Waals surface area contributed by atoms with Crippen molar-refractivity contribution in [2.24, 2.45) is 0 Å². The zero-order chi connectivity index (χ0) is 20.1. The molecule has 1 saturated heterocycles. The number of fused-ring (bicyclic) bond motifs is 2. The lowest BCUT2D eigenvalue weighted by atomic mass is 10.1. The van der Waals surface area contributed by atoms with Gasteiger partial charge in [-0.1, -0.05) is 0 Å².